The molecule has 5 nitrogen and oxygen atoms in total. The van der Waals surface area contributed by atoms with Gasteiger partial charge in [0.05, 0.1) is 17.2 Å². The van der Waals surface area contributed by atoms with Gasteiger partial charge in [0.2, 0.25) is 0 Å². The molecule has 116 valence electrons. The van der Waals surface area contributed by atoms with Crippen LogP contribution in [0, 0.1) is 5.82 Å². The van der Waals surface area contributed by atoms with Crippen LogP contribution in [-0.4, -0.2) is 26.9 Å². The second kappa shape index (κ2) is 5.08. The Morgan fingerprint density at radius 1 is 1.30 bits per heavy atom. The third kappa shape index (κ3) is 2.06. The van der Waals surface area contributed by atoms with E-state index in [9.17, 15) is 4.39 Å². The van der Waals surface area contributed by atoms with Gasteiger partial charge < -0.3 is 5.32 Å². The van der Waals surface area contributed by atoms with Crippen LogP contribution >= 0.6 is 0 Å². The SMILES string of the molecule is CCc1c(F)cc2[nH]ncc2c1-c1ccn2nc(NC)cc2c1. The second-order valence-electron chi connectivity index (χ2n) is 5.46. The molecule has 0 aliphatic rings. The molecule has 4 rings (SSSR count). The van der Waals surface area contributed by atoms with Gasteiger partial charge in [0.1, 0.15) is 11.6 Å². The Bertz CT molecular complexity index is 1010. The molecule has 4 aromatic rings. The summed E-state index contributed by atoms with van der Waals surface area (Å²) < 4.78 is 16.2. The van der Waals surface area contributed by atoms with Crippen LogP contribution < -0.4 is 5.32 Å². The van der Waals surface area contributed by atoms with Crippen molar-refractivity contribution in [1.29, 1.82) is 0 Å². The highest BCUT2D eigenvalue weighted by Crippen LogP contribution is 2.34. The van der Waals surface area contributed by atoms with E-state index in [4.69, 9.17) is 0 Å². The highest BCUT2D eigenvalue weighted by molar-refractivity contribution is 5.97. The van der Waals surface area contributed by atoms with E-state index in [0.29, 0.717) is 17.5 Å². The lowest BCUT2D eigenvalue weighted by Crippen LogP contribution is -1.95. The van der Waals surface area contributed by atoms with E-state index in [0.717, 1.165) is 27.8 Å². The van der Waals surface area contributed by atoms with Crippen molar-refractivity contribution >= 4 is 22.2 Å². The van der Waals surface area contributed by atoms with Crippen molar-refractivity contribution in [1.82, 2.24) is 19.8 Å². The lowest BCUT2D eigenvalue weighted by atomic mass is 9.94. The van der Waals surface area contributed by atoms with E-state index >= 15 is 0 Å². The average molecular weight is 309 g/mol. The quantitative estimate of drug-likeness (QED) is 0.607. The van der Waals surface area contributed by atoms with Gasteiger partial charge in [-0.2, -0.15) is 10.2 Å². The number of benzene rings is 1. The van der Waals surface area contributed by atoms with E-state index in [1.54, 1.807) is 10.7 Å². The summed E-state index contributed by atoms with van der Waals surface area (Å²) in [6.45, 7) is 1.96. The van der Waals surface area contributed by atoms with Crippen LogP contribution in [0.1, 0.15) is 12.5 Å². The van der Waals surface area contributed by atoms with Crippen molar-refractivity contribution in [3.8, 4) is 11.1 Å². The Morgan fingerprint density at radius 3 is 2.96 bits per heavy atom. The number of aromatic nitrogens is 4. The number of fused-ring (bicyclic) bond motifs is 2. The zero-order chi connectivity index (χ0) is 16.0. The number of aromatic amines is 1. The molecular weight excluding hydrogens is 293 g/mol. The van der Waals surface area contributed by atoms with E-state index < -0.39 is 0 Å². The molecule has 1 aromatic carbocycles. The Balaban J connectivity index is 2.02. The Labute approximate surface area is 132 Å². The second-order valence-corrected chi connectivity index (χ2v) is 5.46. The number of hydrogen-bond donors (Lipinski definition) is 2. The molecule has 0 fully saturated rings. The number of rotatable bonds is 3. The Hall–Kier alpha value is -2.89. The van der Waals surface area contributed by atoms with Gasteiger partial charge in [0, 0.05) is 24.7 Å². The number of halogens is 1. The predicted octanol–water partition coefficient (Wildman–Crippen LogP) is 3.62. The minimum absolute atomic E-state index is 0.205. The van der Waals surface area contributed by atoms with Gasteiger partial charge in [-0.1, -0.05) is 6.92 Å². The van der Waals surface area contributed by atoms with E-state index in [-0.39, 0.29) is 5.82 Å². The van der Waals surface area contributed by atoms with Crippen LogP contribution in [0.3, 0.4) is 0 Å². The third-order valence-electron chi connectivity index (χ3n) is 4.16. The van der Waals surface area contributed by atoms with Gasteiger partial charge in [0.25, 0.3) is 0 Å². The highest BCUT2D eigenvalue weighted by atomic mass is 19.1. The van der Waals surface area contributed by atoms with E-state index in [1.807, 2.05) is 38.4 Å². The molecule has 0 spiro atoms. The molecule has 0 radical (unpaired) electrons. The van der Waals surface area contributed by atoms with Gasteiger partial charge in [-0.3, -0.25) is 5.10 Å². The monoisotopic (exact) mass is 309 g/mol. The molecular formula is C17H16FN5. The fourth-order valence-corrected chi connectivity index (χ4v) is 3.05. The van der Waals surface area contributed by atoms with E-state index in [2.05, 4.69) is 20.6 Å². The minimum atomic E-state index is -0.205. The molecule has 0 unspecified atom stereocenters. The minimum Gasteiger partial charge on any atom is -0.372 e. The summed E-state index contributed by atoms with van der Waals surface area (Å²) >= 11 is 0. The molecule has 0 aliphatic carbocycles. The predicted molar refractivity (Wildman–Crippen MR) is 89.2 cm³/mol. The number of H-pyrrole nitrogens is 1. The molecule has 0 saturated carbocycles. The molecule has 0 aliphatic heterocycles. The molecule has 0 amide bonds. The Morgan fingerprint density at radius 2 is 2.17 bits per heavy atom. The molecule has 0 bridgehead atoms. The first-order valence-electron chi connectivity index (χ1n) is 7.53. The summed E-state index contributed by atoms with van der Waals surface area (Å²) in [6, 6.07) is 7.45. The topological polar surface area (TPSA) is 58.0 Å². The fourth-order valence-electron chi connectivity index (χ4n) is 3.05. The van der Waals surface area contributed by atoms with Gasteiger partial charge in [-0.05, 0) is 41.3 Å². The number of nitrogens with zero attached hydrogens (tertiary/aromatic N) is 3. The van der Waals surface area contributed by atoms with Crippen LogP contribution in [0.2, 0.25) is 0 Å². The van der Waals surface area contributed by atoms with Crippen molar-refractivity contribution in [3.63, 3.8) is 0 Å². The molecule has 2 N–H and O–H groups in total. The first-order valence-corrected chi connectivity index (χ1v) is 7.53. The lowest BCUT2D eigenvalue weighted by Gasteiger charge is -2.11. The third-order valence-corrected chi connectivity index (χ3v) is 4.16. The van der Waals surface area contributed by atoms with Gasteiger partial charge >= 0.3 is 0 Å². The maximum atomic E-state index is 14.4. The maximum Gasteiger partial charge on any atom is 0.148 e. The Kier molecular flexibility index (Phi) is 3.04. The molecule has 6 heteroatoms. The van der Waals surface area contributed by atoms with Crippen LogP contribution in [0.4, 0.5) is 10.2 Å². The molecule has 0 saturated heterocycles. The molecule has 3 aromatic heterocycles. The smallest absolute Gasteiger partial charge is 0.148 e. The first-order chi connectivity index (χ1) is 11.2. The van der Waals surface area contributed by atoms with Crippen LogP contribution in [0.25, 0.3) is 27.5 Å². The number of hydrogen-bond acceptors (Lipinski definition) is 3. The summed E-state index contributed by atoms with van der Waals surface area (Å²) in [5, 5.41) is 15.3. The number of nitrogens with one attached hydrogen (secondary N) is 2. The van der Waals surface area contributed by atoms with Crippen LogP contribution in [0.5, 0.6) is 0 Å². The average Bonchev–Trinajstić information content (AvgIpc) is 3.18. The van der Waals surface area contributed by atoms with Gasteiger partial charge in [-0.25, -0.2) is 8.91 Å². The summed E-state index contributed by atoms with van der Waals surface area (Å²) in [5.74, 6) is 0.592. The van der Waals surface area contributed by atoms with Gasteiger partial charge in [0.15, 0.2) is 0 Å². The zero-order valence-electron chi connectivity index (χ0n) is 12.9. The lowest BCUT2D eigenvalue weighted by molar-refractivity contribution is 0.614. The summed E-state index contributed by atoms with van der Waals surface area (Å²) in [6.07, 6.45) is 4.26. The van der Waals surface area contributed by atoms with Crippen molar-refractivity contribution in [3.05, 3.63) is 48.0 Å². The zero-order valence-corrected chi connectivity index (χ0v) is 12.9. The first kappa shape index (κ1) is 13.8. The fraction of sp³-hybridized carbons (Fsp3) is 0.176. The van der Waals surface area contributed by atoms with Crippen molar-refractivity contribution in [2.24, 2.45) is 0 Å². The van der Waals surface area contributed by atoms with E-state index in [1.165, 1.54) is 6.07 Å². The van der Waals surface area contributed by atoms with Crippen LogP contribution in [-0.2, 0) is 6.42 Å². The van der Waals surface area contributed by atoms with Crippen molar-refractivity contribution in [2.45, 2.75) is 13.3 Å². The molecule has 23 heavy (non-hydrogen) atoms. The number of pyridine rings is 1. The molecule has 3 heterocycles. The van der Waals surface area contributed by atoms with Crippen molar-refractivity contribution in [2.75, 3.05) is 12.4 Å². The molecule has 0 atom stereocenters. The van der Waals surface area contributed by atoms with Crippen LogP contribution in [0.15, 0.2) is 36.7 Å². The standard InChI is InChI=1S/C17H16FN5/c1-3-12-14(18)8-15-13(9-20-21-15)17(12)10-4-5-23-11(6-10)7-16(19-2)22-23/h4-9H,3H2,1-2H3,(H,19,22)(H,20,21). The summed E-state index contributed by atoms with van der Waals surface area (Å²) in [4.78, 5) is 0. The largest absolute Gasteiger partial charge is 0.372 e. The number of anilines is 1. The highest BCUT2D eigenvalue weighted by Gasteiger charge is 2.16. The van der Waals surface area contributed by atoms with Gasteiger partial charge in [-0.15, -0.1) is 0 Å². The summed E-state index contributed by atoms with van der Waals surface area (Å²) in [5.41, 5.74) is 4.22. The summed E-state index contributed by atoms with van der Waals surface area (Å²) in [7, 11) is 1.83. The maximum absolute atomic E-state index is 14.4. The van der Waals surface area contributed by atoms with Crippen molar-refractivity contribution < 1.29 is 4.39 Å². The normalized spacial score (nSPS) is 11.4.